The molecule has 0 bridgehead atoms. The van der Waals surface area contributed by atoms with Gasteiger partial charge in [-0.15, -0.1) is 0 Å². The van der Waals surface area contributed by atoms with Gasteiger partial charge < -0.3 is 14.8 Å². The average Bonchev–Trinajstić information content (AvgIpc) is 3.16. The number of aromatic carboxylic acids is 1. The molecule has 4 aromatic rings. The van der Waals surface area contributed by atoms with Crippen molar-refractivity contribution >= 4 is 16.9 Å². The molecule has 0 aliphatic carbocycles. The second-order valence-corrected chi connectivity index (χ2v) is 6.46. The number of hydrogen-bond donors (Lipinski definition) is 2. The van der Waals surface area contributed by atoms with E-state index >= 15 is 0 Å². The highest BCUT2D eigenvalue weighted by atomic mass is 16.4. The minimum Gasteiger partial charge on any atom is -0.478 e. The molecule has 0 radical (unpaired) electrons. The Morgan fingerprint density at radius 3 is 2.42 bits per heavy atom. The molecule has 1 aromatic heterocycles. The highest BCUT2D eigenvalue weighted by Gasteiger charge is 2.32. The van der Waals surface area contributed by atoms with Crippen LogP contribution in [0.1, 0.15) is 22.1 Å². The van der Waals surface area contributed by atoms with E-state index in [0.717, 1.165) is 38.9 Å². The maximum atomic E-state index is 11.4. The van der Waals surface area contributed by atoms with Crippen LogP contribution in [-0.2, 0) is 0 Å². The molecule has 0 saturated carbocycles. The van der Waals surface area contributed by atoms with Gasteiger partial charge in [0.1, 0.15) is 0 Å². The van der Waals surface area contributed by atoms with Gasteiger partial charge in [0.25, 0.3) is 0 Å². The van der Waals surface area contributed by atoms with Crippen LogP contribution in [0.5, 0.6) is 0 Å². The molecule has 1 aliphatic rings. The fraction of sp³-hybridized carbons (Fsp3) is 0.0455. The lowest BCUT2D eigenvalue weighted by Crippen LogP contribution is -2.04. The van der Waals surface area contributed by atoms with Crippen molar-refractivity contribution in [2.75, 3.05) is 0 Å². The third-order valence-electron chi connectivity index (χ3n) is 5.05. The van der Waals surface area contributed by atoms with E-state index in [1.807, 2.05) is 65.2 Å². The van der Waals surface area contributed by atoms with Crippen molar-refractivity contribution in [2.45, 2.75) is 6.23 Å². The van der Waals surface area contributed by atoms with Gasteiger partial charge in [-0.2, -0.15) is 0 Å². The molecule has 0 fully saturated rings. The summed E-state index contributed by atoms with van der Waals surface area (Å²) in [7, 11) is 0. The van der Waals surface area contributed by atoms with Crippen molar-refractivity contribution in [2.24, 2.45) is 0 Å². The number of carboxylic acid groups (broad SMARTS) is 1. The molecule has 1 aliphatic heterocycles. The summed E-state index contributed by atoms with van der Waals surface area (Å²) in [6.45, 7) is 0. The van der Waals surface area contributed by atoms with Crippen LogP contribution in [0.4, 0.5) is 0 Å². The maximum Gasteiger partial charge on any atom is 0.335 e. The molecule has 1 unspecified atom stereocenters. The predicted molar refractivity (Wildman–Crippen MR) is 100 cm³/mol. The summed E-state index contributed by atoms with van der Waals surface area (Å²) < 4.78 is 1.84. The van der Waals surface area contributed by atoms with Gasteiger partial charge in [-0.3, -0.25) is 0 Å². The first-order chi connectivity index (χ1) is 12.7. The smallest absolute Gasteiger partial charge is 0.335 e. The van der Waals surface area contributed by atoms with E-state index in [2.05, 4.69) is 0 Å². The van der Waals surface area contributed by atoms with Crippen molar-refractivity contribution in [1.82, 2.24) is 4.57 Å². The summed E-state index contributed by atoms with van der Waals surface area (Å²) in [5, 5.41) is 21.3. The Morgan fingerprint density at radius 1 is 0.923 bits per heavy atom. The largest absolute Gasteiger partial charge is 0.478 e. The zero-order chi connectivity index (χ0) is 17.8. The van der Waals surface area contributed by atoms with E-state index in [1.165, 1.54) is 0 Å². The fourth-order valence-corrected chi connectivity index (χ4v) is 3.94. The summed E-state index contributed by atoms with van der Waals surface area (Å²) in [6.07, 6.45) is -0.829. The minimum atomic E-state index is -0.978. The van der Waals surface area contributed by atoms with E-state index in [4.69, 9.17) is 0 Å². The van der Waals surface area contributed by atoms with E-state index in [0.29, 0.717) is 0 Å². The maximum absolute atomic E-state index is 11.4. The molecular formula is C22H15NO3. The highest BCUT2D eigenvalue weighted by molar-refractivity contribution is 6.08. The molecule has 0 saturated heterocycles. The van der Waals surface area contributed by atoms with Gasteiger partial charge >= 0.3 is 5.97 Å². The number of hydrogen-bond acceptors (Lipinski definition) is 2. The Bertz CT molecular complexity index is 1170. The third kappa shape index (κ3) is 1.90. The SMILES string of the molecule is O=C(O)c1ccc2c(-c3ccccc3)c3n(c2c1)C(O)c1ccccc1-3. The molecule has 3 aromatic carbocycles. The van der Waals surface area contributed by atoms with Crippen molar-refractivity contribution < 1.29 is 15.0 Å². The molecule has 4 heteroatoms. The summed E-state index contributed by atoms with van der Waals surface area (Å²) in [4.78, 5) is 11.4. The van der Waals surface area contributed by atoms with Crippen LogP contribution in [-0.4, -0.2) is 20.7 Å². The van der Waals surface area contributed by atoms with Crippen LogP contribution in [0.2, 0.25) is 0 Å². The number of carboxylic acids is 1. The van der Waals surface area contributed by atoms with Gasteiger partial charge in [-0.05, 0) is 17.7 Å². The van der Waals surface area contributed by atoms with Crippen LogP contribution < -0.4 is 0 Å². The van der Waals surface area contributed by atoms with E-state index < -0.39 is 12.2 Å². The van der Waals surface area contributed by atoms with Gasteiger partial charge in [-0.25, -0.2) is 4.79 Å². The summed E-state index contributed by atoms with van der Waals surface area (Å²) in [5.41, 5.74) is 5.73. The Morgan fingerprint density at radius 2 is 1.65 bits per heavy atom. The van der Waals surface area contributed by atoms with Crippen LogP contribution in [0.3, 0.4) is 0 Å². The first-order valence-electron chi connectivity index (χ1n) is 8.41. The Hall–Kier alpha value is -3.37. The Kier molecular flexibility index (Phi) is 3.05. The molecule has 0 amide bonds. The first kappa shape index (κ1) is 14.9. The number of nitrogens with zero attached hydrogens (tertiary/aromatic N) is 1. The number of aliphatic hydroxyl groups excluding tert-OH is 1. The van der Waals surface area contributed by atoms with Gasteiger partial charge in [0.2, 0.25) is 0 Å². The molecule has 0 spiro atoms. The minimum absolute atomic E-state index is 0.209. The zero-order valence-electron chi connectivity index (χ0n) is 13.8. The number of fused-ring (bicyclic) bond motifs is 5. The monoisotopic (exact) mass is 341 g/mol. The number of benzene rings is 3. The standard InChI is InChI=1S/C22H15NO3/c24-21-16-9-5-4-8-15(16)20-19(13-6-2-1-3-7-13)17-11-10-14(22(25)26)12-18(17)23(20)21/h1-12,21,24H,(H,25,26). The van der Waals surface area contributed by atoms with Gasteiger partial charge in [0, 0.05) is 22.1 Å². The molecule has 4 nitrogen and oxygen atoms in total. The van der Waals surface area contributed by atoms with Crippen molar-refractivity contribution in [1.29, 1.82) is 0 Å². The normalized spacial score (nSPS) is 15.0. The summed E-state index contributed by atoms with van der Waals surface area (Å²) in [6, 6.07) is 22.9. The number of rotatable bonds is 2. The number of aromatic nitrogens is 1. The van der Waals surface area contributed by atoms with E-state index in [9.17, 15) is 15.0 Å². The molecular weight excluding hydrogens is 326 g/mol. The molecule has 126 valence electrons. The second kappa shape index (κ2) is 5.31. The van der Waals surface area contributed by atoms with Gasteiger partial charge in [0.05, 0.1) is 16.8 Å². The van der Waals surface area contributed by atoms with Crippen LogP contribution in [0, 0.1) is 0 Å². The molecule has 5 rings (SSSR count). The van der Waals surface area contributed by atoms with Crippen LogP contribution >= 0.6 is 0 Å². The molecule has 2 heterocycles. The van der Waals surface area contributed by atoms with Crippen molar-refractivity contribution in [3.05, 3.63) is 83.9 Å². The van der Waals surface area contributed by atoms with Gasteiger partial charge in [0.15, 0.2) is 6.23 Å². The Labute approximate surface area is 149 Å². The number of aliphatic hydroxyl groups is 1. The highest BCUT2D eigenvalue weighted by Crippen LogP contribution is 2.49. The predicted octanol–water partition coefficient (Wildman–Crippen LogP) is 4.53. The van der Waals surface area contributed by atoms with Crippen LogP contribution in [0.15, 0.2) is 72.8 Å². The van der Waals surface area contributed by atoms with Gasteiger partial charge in [-0.1, -0.05) is 60.7 Å². The summed E-state index contributed by atoms with van der Waals surface area (Å²) >= 11 is 0. The lowest BCUT2D eigenvalue weighted by molar-refractivity contribution is 0.0697. The zero-order valence-corrected chi connectivity index (χ0v) is 13.8. The average molecular weight is 341 g/mol. The quantitative estimate of drug-likeness (QED) is 0.563. The van der Waals surface area contributed by atoms with Crippen LogP contribution in [0.25, 0.3) is 33.3 Å². The summed E-state index contributed by atoms with van der Waals surface area (Å²) in [5.74, 6) is -0.978. The topological polar surface area (TPSA) is 62.5 Å². The lowest BCUT2D eigenvalue weighted by Gasteiger charge is -2.09. The van der Waals surface area contributed by atoms with Crippen molar-refractivity contribution in [3.8, 4) is 22.4 Å². The van der Waals surface area contributed by atoms with E-state index in [-0.39, 0.29) is 5.56 Å². The Balaban J connectivity index is 1.95. The lowest BCUT2D eigenvalue weighted by atomic mass is 9.96. The second-order valence-electron chi connectivity index (χ2n) is 6.46. The fourth-order valence-electron chi connectivity index (χ4n) is 3.94. The van der Waals surface area contributed by atoms with E-state index in [1.54, 1.807) is 12.1 Å². The van der Waals surface area contributed by atoms with Crippen molar-refractivity contribution in [3.63, 3.8) is 0 Å². The molecule has 1 atom stereocenters. The molecule has 26 heavy (non-hydrogen) atoms. The molecule has 2 N–H and O–H groups in total. The number of carbonyl (C=O) groups is 1. The first-order valence-corrected chi connectivity index (χ1v) is 8.41. The third-order valence-corrected chi connectivity index (χ3v) is 5.05.